The van der Waals surface area contributed by atoms with E-state index in [1.807, 2.05) is 0 Å². The molecule has 2 N–H and O–H groups in total. The van der Waals surface area contributed by atoms with E-state index in [2.05, 4.69) is 15.5 Å². The van der Waals surface area contributed by atoms with E-state index in [0.717, 1.165) is 12.1 Å². The number of anilines is 1. The van der Waals surface area contributed by atoms with E-state index in [-0.39, 0.29) is 22.2 Å². The Hall–Kier alpha value is -3.62. The number of carbonyl (C=O) groups excluding carboxylic acids is 2. The van der Waals surface area contributed by atoms with Crippen LogP contribution in [-0.2, 0) is 9.53 Å². The molecule has 7 nitrogen and oxygen atoms in total. The third kappa shape index (κ3) is 3.56. The van der Waals surface area contributed by atoms with Gasteiger partial charge in [0.15, 0.2) is 12.3 Å². The van der Waals surface area contributed by atoms with Crippen molar-refractivity contribution in [2.24, 2.45) is 0 Å². The van der Waals surface area contributed by atoms with Crippen LogP contribution < -0.4 is 10.9 Å². The fourth-order valence-electron chi connectivity index (χ4n) is 2.25. The molecule has 0 aliphatic carbocycles. The summed E-state index contributed by atoms with van der Waals surface area (Å²) in [6, 6.07) is 8.89. The van der Waals surface area contributed by atoms with Crippen LogP contribution in [0.1, 0.15) is 10.5 Å². The zero-order valence-electron chi connectivity index (χ0n) is 13.1. The summed E-state index contributed by atoms with van der Waals surface area (Å²) in [5.74, 6) is -3.51. The monoisotopic (exact) mass is 359 g/mol. The van der Waals surface area contributed by atoms with Gasteiger partial charge >= 0.3 is 5.97 Å². The third-order valence-electron chi connectivity index (χ3n) is 3.43. The Bertz CT molecular complexity index is 1070. The van der Waals surface area contributed by atoms with Gasteiger partial charge < -0.3 is 10.1 Å². The molecule has 1 heterocycles. The van der Waals surface area contributed by atoms with Crippen LogP contribution in [0.25, 0.3) is 10.8 Å². The number of hydrogen-bond donors (Lipinski definition) is 2. The van der Waals surface area contributed by atoms with Crippen molar-refractivity contribution in [3.8, 4) is 0 Å². The summed E-state index contributed by atoms with van der Waals surface area (Å²) in [4.78, 5) is 35.6. The first kappa shape index (κ1) is 17.2. The lowest BCUT2D eigenvalue weighted by Crippen LogP contribution is -2.23. The standard InChI is InChI=1S/C17H11F2N3O4/c18-9-5-6-13(12(19)7-9)20-14(23)8-26-17(25)15-10-3-1-2-4-11(10)16(24)22-21-15/h1-7H,8H2,(H,20,23)(H,22,24). The molecule has 0 saturated heterocycles. The van der Waals surface area contributed by atoms with Crippen molar-refractivity contribution in [3.63, 3.8) is 0 Å². The Kier molecular flexibility index (Phi) is 4.70. The Labute approximate surface area is 144 Å². The Morgan fingerprint density at radius 1 is 1.12 bits per heavy atom. The van der Waals surface area contributed by atoms with Crippen molar-refractivity contribution in [1.29, 1.82) is 0 Å². The quantitative estimate of drug-likeness (QED) is 0.694. The molecule has 0 unspecified atom stereocenters. The number of aromatic nitrogens is 2. The van der Waals surface area contributed by atoms with Crippen molar-refractivity contribution < 1.29 is 23.1 Å². The molecular weight excluding hydrogens is 348 g/mol. The van der Waals surface area contributed by atoms with E-state index < -0.39 is 35.7 Å². The van der Waals surface area contributed by atoms with E-state index >= 15 is 0 Å². The number of esters is 1. The highest BCUT2D eigenvalue weighted by molar-refractivity contribution is 6.03. The zero-order valence-corrected chi connectivity index (χ0v) is 13.1. The molecule has 0 fully saturated rings. The molecule has 0 atom stereocenters. The Balaban J connectivity index is 1.70. The number of H-pyrrole nitrogens is 1. The van der Waals surface area contributed by atoms with Crippen LogP contribution in [-0.4, -0.2) is 28.7 Å². The number of nitrogens with one attached hydrogen (secondary N) is 2. The van der Waals surface area contributed by atoms with Crippen molar-refractivity contribution >= 4 is 28.3 Å². The number of hydrogen-bond acceptors (Lipinski definition) is 5. The molecule has 3 rings (SSSR count). The maximum absolute atomic E-state index is 13.5. The number of ether oxygens (including phenoxy) is 1. The van der Waals surface area contributed by atoms with Crippen LogP contribution in [0, 0.1) is 11.6 Å². The molecule has 0 aliphatic rings. The number of amides is 1. The maximum Gasteiger partial charge on any atom is 0.359 e. The molecule has 1 aromatic heterocycles. The van der Waals surface area contributed by atoms with Gasteiger partial charge in [-0.15, -0.1) is 0 Å². The molecule has 0 spiro atoms. The van der Waals surface area contributed by atoms with Crippen LogP contribution in [0.4, 0.5) is 14.5 Å². The second-order valence-corrected chi connectivity index (χ2v) is 5.20. The van der Waals surface area contributed by atoms with E-state index in [0.29, 0.717) is 6.07 Å². The SMILES string of the molecule is O=C(COC(=O)c1n[nH]c(=O)c2ccccc12)Nc1ccc(F)cc1F. The van der Waals surface area contributed by atoms with E-state index in [1.54, 1.807) is 12.1 Å². The number of halogens is 2. The van der Waals surface area contributed by atoms with Crippen LogP contribution in [0.2, 0.25) is 0 Å². The van der Waals surface area contributed by atoms with Gasteiger partial charge in [0.25, 0.3) is 11.5 Å². The first-order valence-corrected chi connectivity index (χ1v) is 7.35. The summed E-state index contributed by atoms with van der Waals surface area (Å²) in [7, 11) is 0. The number of aromatic amines is 1. The summed E-state index contributed by atoms with van der Waals surface area (Å²) in [6.07, 6.45) is 0. The van der Waals surface area contributed by atoms with Gasteiger partial charge in [-0.25, -0.2) is 18.7 Å². The second-order valence-electron chi connectivity index (χ2n) is 5.20. The molecule has 0 aliphatic heterocycles. The predicted octanol–water partition coefficient (Wildman–Crippen LogP) is 2.00. The molecule has 1 amide bonds. The molecule has 26 heavy (non-hydrogen) atoms. The van der Waals surface area contributed by atoms with Gasteiger partial charge in [-0.2, -0.15) is 5.10 Å². The van der Waals surface area contributed by atoms with Gasteiger partial charge in [0.2, 0.25) is 0 Å². The fourth-order valence-corrected chi connectivity index (χ4v) is 2.25. The minimum Gasteiger partial charge on any atom is -0.451 e. The smallest absolute Gasteiger partial charge is 0.359 e. The number of carbonyl (C=O) groups is 2. The highest BCUT2D eigenvalue weighted by atomic mass is 19.1. The second kappa shape index (κ2) is 7.09. The molecule has 0 radical (unpaired) electrons. The molecule has 0 saturated carbocycles. The lowest BCUT2D eigenvalue weighted by molar-refractivity contribution is -0.119. The minimum absolute atomic E-state index is 0.166. The van der Waals surface area contributed by atoms with Crippen LogP contribution >= 0.6 is 0 Å². The lowest BCUT2D eigenvalue weighted by Gasteiger charge is -2.08. The van der Waals surface area contributed by atoms with Gasteiger partial charge in [0, 0.05) is 11.5 Å². The predicted molar refractivity (Wildman–Crippen MR) is 87.6 cm³/mol. The van der Waals surface area contributed by atoms with E-state index in [1.165, 1.54) is 12.1 Å². The summed E-state index contributed by atoms with van der Waals surface area (Å²) in [5.41, 5.74) is -0.886. The van der Waals surface area contributed by atoms with Crippen LogP contribution in [0.5, 0.6) is 0 Å². The summed E-state index contributed by atoms with van der Waals surface area (Å²) in [6.45, 7) is -0.717. The summed E-state index contributed by atoms with van der Waals surface area (Å²) >= 11 is 0. The highest BCUT2D eigenvalue weighted by Gasteiger charge is 2.17. The normalized spacial score (nSPS) is 10.5. The van der Waals surface area contributed by atoms with Crippen molar-refractivity contribution in [3.05, 3.63) is 70.1 Å². The van der Waals surface area contributed by atoms with Gasteiger partial charge in [-0.3, -0.25) is 9.59 Å². The van der Waals surface area contributed by atoms with Crippen molar-refractivity contribution in [2.75, 3.05) is 11.9 Å². The zero-order chi connectivity index (χ0) is 18.7. The molecule has 132 valence electrons. The van der Waals surface area contributed by atoms with Gasteiger partial charge in [0.05, 0.1) is 11.1 Å². The van der Waals surface area contributed by atoms with Crippen molar-refractivity contribution in [1.82, 2.24) is 10.2 Å². The molecule has 2 aromatic carbocycles. The minimum atomic E-state index is -0.960. The molecule has 9 heteroatoms. The first-order chi connectivity index (χ1) is 12.5. The van der Waals surface area contributed by atoms with E-state index in [4.69, 9.17) is 4.74 Å². The van der Waals surface area contributed by atoms with Crippen LogP contribution in [0.3, 0.4) is 0 Å². The van der Waals surface area contributed by atoms with Crippen molar-refractivity contribution in [2.45, 2.75) is 0 Å². The fraction of sp³-hybridized carbons (Fsp3) is 0.0588. The third-order valence-corrected chi connectivity index (χ3v) is 3.43. The number of rotatable bonds is 4. The number of benzene rings is 2. The maximum atomic E-state index is 13.5. The van der Waals surface area contributed by atoms with Gasteiger partial charge in [-0.05, 0) is 18.2 Å². The molecular formula is C17H11F2N3O4. The number of nitrogens with zero attached hydrogens (tertiary/aromatic N) is 1. The van der Waals surface area contributed by atoms with Crippen LogP contribution in [0.15, 0.2) is 47.3 Å². The molecule has 3 aromatic rings. The average Bonchev–Trinajstić information content (AvgIpc) is 2.63. The summed E-state index contributed by atoms with van der Waals surface area (Å²) < 4.78 is 31.2. The first-order valence-electron chi connectivity index (χ1n) is 7.35. The van der Waals surface area contributed by atoms with Gasteiger partial charge in [-0.1, -0.05) is 18.2 Å². The molecule has 0 bridgehead atoms. The highest BCUT2D eigenvalue weighted by Crippen LogP contribution is 2.15. The lowest BCUT2D eigenvalue weighted by atomic mass is 10.1. The van der Waals surface area contributed by atoms with E-state index in [9.17, 15) is 23.2 Å². The largest absolute Gasteiger partial charge is 0.451 e. The average molecular weight is 359 g/mol. The Morgan fingerprint density at radius 3 is 2.58 bits per heavy atom. The van der Waals surface area contributed by atoms with Gasteiger partial charge in [0.1, 0.15) is 11.6 Å². The summed E-state index contributed by atoms with van der Waals surface area (Å²) in [5, 5.41) is 8.49. The topological polar surface area (TPSA) is 101 Å². The Morgan fingerprint density at radius 2 is 1.85 bits per heavy atom. The number of fused-ring (bicyclic) bond motifs is 1.